The lowest BCUT2D eigenvalue weighted by molar-refractivity contribution is -0.147. The first kappa shape index (κ1) is 7.82. The Morgan fingerprint density at radius 3 is 2.40 bits per heavy atom. The zero-order valence-electron chi connectivity index (χ0n) is 5.46. The van der Waals surface area contributed by atoms with Crippen molar-refractivity contribution >= 4 is 18.4 Å². The zero-order chi connectivity index (χ0) is 6.48. The fraction of sp³-hybridized carbons (Fsp3) is 0.833. The van der Waals surface area contributed by atoms with Gasteiger partial charge in [0, 0.05) is 0 Å². The summed E-state index contributed by atoms with van der Waals surface area (Å²) in [6.07, 6.45) is 1.70. The third kappa shape index (κ3) is 0.739. The second-order valence-corrected chi connectivity index (χ2v) is 3.04. The number of carbonyl (C=O) groups is 1. The fourth-order valence-corrected chi connectivity index (χ4v) is 1.80. The van der Waals surface area contributed by atoms with Crippen LogP contribution in [0.25, 0.3) is 0 Å². The van der Waals surface area contributed by atoms with Gasteiger partial charge >= 0.3 is 5.97 Å². The maximum atomic E-state index is 10.5. The normalized spacial score (nSPS) is 41.8. The minimum Gasteiger partial charge on any atom is -0.480 e. The van der Waals surface area contributed by atoms with Crippen molar-refractivity contribution in [2.45, 2.75) is 18.4 Å². The summed E-state index contributed by atoms with van der Waals surface area (Å²) in [6, 6.07) is 0. The molecule has 2 saturated heterocycles. The summed E-state index contributed by atoms with van der Waals surface area (Å²) >= 11 is 0. The van der Waals surface area contributed by atoms with E-state index in [-0.39, 0.29) is 12.4 Å². The van der Waals surface area contributed by atoms with Crippen molar-refractivity contribution in [1.82, 2.24) is 5.32 Å². The Morgan fingerprint density at radius 2 is 2.20 bits per heavy atom. The van der Waals surface area contributed by atoms with Gasteiger partial charge in [-0.3, -0.25) is 4.79 Å². The zero-order valence-corrected chi connectivity index (χ0v) is 6.28. The third-order valence-corrected chi connectivity index (χ3v) is 2.41. The van der Waals surface area contributed by atoms with Crippen molar-refractivity contribution in [3.8, 4) is 0 Å². The molecule has 3 aliphatic rings. The van der Waals surface area contributed by atoms with Crippen LogP contribution in [0.4, 0.5) is 0 Å². The predicted octanol–water partition coefficient (Wildman–Crippen LogP) is 0.245. The van der Waals surface area contributed by atoms with E-state index in [2.05, 4.69) is 5.32 Å². The van der Waals surface area contributed by atoms with Crippen LogP contribution in [-0.4, -0.2) is 23.2 Å². The average molecular weight is 164 g/mol. The number of hydrogen-bond donors (Lipinski definition) is 2. The molecule has 3 fully saturated rings. The van der Waals surface area contributed by atoms with Gasteiger partial charge in [-0.05, 0) is 25.3 Å². The van der Waals surface area contributed by atoms with E-state index in [1.807, 2.05) is 0 Å². The molecule has 1 saturated carbocycles. The average Bonchev–Trinajstić information content (AvgIpc) is 2.13. The van der Waals surface area contributed by atoms with E-state index in [9.17, 15) is 4.79 Å². The molecule has 2 aliphatic heterocycles. The number of fused-ring (bicyclic) bond motifs is 1. The Kier molecular flexibility index (Phi) is 1.65. The molecule has 1 aliphatic carbocycles. The molecule has 3 nitrogen and oxygen atoms in total. The Hall–Kier alpha value is -0.280. The predicted molar refractivity (Wildman–Crippen MR) is 38.3 cm³/mol. The summed E-state index contributed by atoms with van der Waals surface area (Å²) in [7, 11) is 0. The van der Waals surface area contributed by atoms with E-state index in [1.54, 1.807) is 0 Å². The van der Waals surface area contributed by atoms with E-state index >= 15 is 0 Å². The topological polar surface area (TPSA) is 49.3 Å². The van der Waals surface area contributed by atoms with Crippen LogP contribution >= 0.6 is 12.4 Å². The molecule has 0 unspecified atom stereocenters. The van der Waals surface area contributed by atoms with Crippen molar-refractivity contribution < 1.29 is 9.90 Å². The second-order valence-electron chi connectivity index (χ2n) is 3.04. The highest BCUT2D eigenvalue weighted by Crippen LogP contribution is 2.43. The van der Waals surface area contributed by atoms with Gasteiger partial charge in [-0.25, -0.2) is 0 Å². The van der Waals surface area contributed by atoms with Crippen molar-refractivity contribution in [2.24, 2.45) is 5.92 Å². The number of rotatable bonds is 1. The first-order chi connectivity index (χ1) is 4.23. The summed E-state index contributed by atoms with van der Waals surface area (Å²) in [5.41, 5.74) is -0.495. The molecule has 58 valence electrons. The van der Waals surface area contributed by atoms with Gasteiger partial charge in [-0.2, -0.15) is 0 Å². The quantitative estimate of drug-likeness (QED) is 0.583. The molecule has 0 spiro atoms. The minimum absolute atomic E-state index is 0. The Bertz CT molecular complexity index is 160. The molecule has 0 radical (unpaired) electrons. The first-order valence-electron chi connectivity index (χ1n) is 3.21. The minimum atomic E-state index is -0.670. The van der Waals surface area contributed by atoms with Crippen LogP contribution < -0.4 is 5.32 Å². The Balaban J connectivity index is 0.000000500. The van der Waals surface area contributed by atoms with Gasteiger partial charge in [0.25, 0.3) is 0 Å². The van der Waals surface area contributed by atoms with Crippen molar-refractivity contribution in [1.29, 1.82) is 0 Å². The van der Waals surface area contributed by atoms with Gasteiger partial charge in [0.15, 0.2) is 0 Å². The van der Waals surface area contributed by atoms with Crippen LogP contribution in [0.15, 0.2) is 0 Å². The van der Waals surface area contributed by atoms with Gasteiger partial charge in [0.05, 0.1) is 0 Å². The molecule has 0 amide bonds. The number of halogens is 1. The maximum Gasteiger partial charge on any atom is 0.323 e. The highest BCUT2D eigenvalue weighted by atomic mass is 35.5. The number of carboxylic acid groups (broad SMARTS) is 1. The third-order valence-electron chi connectivity index (χ3n) is 2.41. The number of hydrogen-bond acceptors (Lipinski definition) is 2. The van der Waals surface area contributed by atoms with E-state index in [0.717, 1.165) is 19.4 Å². The van der Waals surface area contributed by atoms with Crippen LogP contribution in [0, 0.1) is 5.92 Å². The van der Waals surface area contributed by atoms with Crippen molar-refractivity contribution in [3.05, 3.63) is 0 Å². The first-order valence-corrected chi connectivity index (χ1v) is 3.21. The SMILES string of the molecule is Cl.O=C(O)C12CC(CN1)C2. The molecule has 0 aromatic carbocycles. The number of carboxylic acids is 1. The molecular weight excluding hydrogens is 154 g/mol. The molecule has 10 heavy (non-hydrogen) atoms. The summed E-state index contributed by atoms with van der Waals surface area (Å²) in [6.45, 7) is 0.909. The molecule has 0 aromatic rings. The van der Waals surface area contributed by atoms with Crippen molar-refractivity contribution in [3.63, 3.8) is 0 Å². The van der Waals surface area contributed by atoms with Gasteiger partial charge in [-0.15, -0.1) is 12.4 Å². The highest BCUT2D eigenvalue weighted by molar-refractivity contribution is 5.85. The van der Waals surface area contributed by atoms with E-state index in [0.29, 0.717) is 5.92 Å². The molecule has 4 heteroatoms. The lowest BCUT2D eigenvalue weighted by atomic mass is 9.74. The van der Waals surface area contributed by atoms with Crippen LogP contribution in [0.1, 0.15) is 12.8 Å². The highest BCUT2D eigenvalue weighted by Gasteiger charge is 2.55. The maximum absolute atomic E-state index is 10.5. The van der Waals surface area contributed by atoms with Gasteiger partial charge in [0.1, 0.15) is 5.54 Å². The van der Waals surface area contributed by atoms with E-state index < -0.39 is 11.5 Å². The molecule has 3 rings (SSSR count). The lowest BCUT2D eigenvalue weighted by Gasteiger charge is -2.32. The smallest absolute Gasteiger partial charge is 0.323 e. The summed E-state index contributed by atoms with van der Waals surface area (Å²) in [4.78, 5) is 10.5. The monoisotopic (exact) mass is 163 g/mol. The summed E-state index contributed by atoms with van der Waals surface area (Å²) < 4.78 is 0. The standard InChI is InChI=1S/C6H9NO2.ClH/c8-5(9)6-1-4(2-6)3-7-6;/h4,7H,1-3H2,(H,8,9);1H. The number of nitrogens with one attached hydrogen (secondary N) is 1. The lowest BCUT2D eigenvalue weighted by Crippen LogP contribution is -2.50. The summed E-state index contributed by atoms with van der Waals surface area (Å²) in [5, 5.41) is 11.7. The van der Waals surface area contributed by atoms with E-state index in [1.165, 1.54) is 0 Å². The molecule has 2 bridgehead atoms. The Labute approximate surface area is 65.2 Å². The fourth-order valence-electron chi connectivity index (χ4n) is 1.80. The van der Waals surface area contributed by atoms with Crippen LogP contribution in [0.2, 0.25) is 0 Å². The van der Waals surface area contributed by atoms with Crippen molar-refractivity contribution in [2.75, 3.05) is 6.54 Å². The molecule has 0 atom stereocenters. The van der Waals surface area contributed by atoms with Gasteiger partial charge < -0.3 is 10.4 Å². The molecule has 0 aromatic heterocycles. The number of aliphatic carboxylic acids is 1. The largest absolute Gasteiger partial charge is 0.480 e. The second kappa shape index (κ2) is 2.10. The van der Waals surface area contributed by atoms with Gasteiger partial charge in [0.2, 0.25) is 0 Å². The molecular formula is C6H10ClNO2. The molecule has 2 heterocycles. The summed E-state index contributed by atoms with van der Waals surface area (Å²) in [5.74, 6) is -0.0163. The molecule has 2 N–H and O–H groups in total. The van der Waals surface area contributed by atoms with Crippen LogP contribution in [0.3, 0.4) is 0 Å². The Morgan fingerprint density at radius 1 is 1.60 bits per heavy atom. The van der Waals surface area contributed by atoms with Crippen LogP contribution in [0.5, 0.6) is 0 Å². The van der Waals surface area contributed by atoms with Crippen LogP contribution in [-0.2, 0) is 4.79 Å². The van der Waals surface area contributed by atoms with Gasteiger partial charge in [-0.1, -0.05) is 0 Å². The van der Waals surface area contributed by atoms with E-state index in [4.69, 9.17) is 5.11 Å².